The number of nitrogens with zero attached hydrogens (tertiary/aromatic N) is 1. The molecule has 0 aliphatic rings. The maximum Gasteiger partial charge on any atom is 0.146 e. The number of halogens is 2. The highest BCUT2D eigenvalue weighted by Crippen LogP contribution is 2.24. The van der Waals surface area contributed by atoms with Crippen LogP contribution in [0.3, 0.4) is 0 Å². The quantitative estimate of drug-likeness (QED) is 0.800. The standard InChI is InChI=1S/C12H10ClFN2/c1-8-3-2-4-10(14)12(8)16-9-5-6-15-11(13)7-9/h2-7H,1H3,(H,15,16). The lowest BCUT2D eigenvalue weighted by molar-refractivity contribution is 0.631. The van der Waals surface area contributed by atoms with E-state index in [1.165, 1.54) is 6.07 Å². The second-order valence-electron chi connectivity index (χ2n) is 3.42. The van der Waals surface area contributed by atoms with E-state index >= 15 is 0 Å². The van der Waals surface area contributed by atoms with Gasteiger partial charge >= 0.3 is 0 Å². The molecule has 0 saturated carbocycles. The third-order valence-corrected chi connectivity index (χ3v) is 2.42. The van der Waals surface area contributed by atoms with Crippen LogP contribution < -0.4 is 5.32 Å². The molecule has 1 aromatic heterocycles. The minimum absolute atomic E-state index is 0.284. The van der Waals surface area contributed by atoms with Gasteiger partial charge in [0.2, 0.25) is 0 Å². The molecule has 0 fully saturated rings. The van der Waals surface area contributed by atoms with Gasteiger partial charge in [-0.05, 0) is 30.7 Å². The maximum absolute atomic E-state index is 13.5. The summed E-state index contributed by atoms with van der Waals surface area (Å²) in [7, 11) is 0. The Morgan fingerprint density at radius 3 is 2.81 bits per heavy atom. The van der Waals surface area contributed by atoms with Gasteiger partial charge in [0, 0.05) is 11.9 Å². The lowest BCUT2D eigenvalue weighted by Crippen LogP contribution is -1.96. The van der Waals surface area contributed by atoms with Gasteiger partial charge in [-0.2, -0.15) is 0 Å². The molecule has 2 aromatic rings. The summed E-state index contributed by atoms with van der Waals surface area (Å²) in [5.41, 5.74) is 2.02. The van der Waals surface area contributed by atoms with Crippen LogP contribution in [0.2, 0.25) is 5.15 Å². The molecule has 2 nitrogen and oxygen atoms in total. The Balaban J connectivity index is 2.34. The van der Waals surface area contributed by atoms with Crippen molar-refractivity contribution in [1.29, 1.82) is 0 Å². The maximum atomic E-state index is 13.5. The van der Waals surface area contributed by atoms with E-state index in [0.29, 0.717) is 16.5 Å². The second kappa shape index (κ2) is 4.49. The SMILES string of the molecule is Cc1cccc(F)c1Nc1ccnc(Cl)c1. The van der Waals surface area contributed by atoms with Crippen molar-refractivity contribution in [2.24, 2.45) is 0 Å². The summed E-state index contributed by atoms with van der Waals surface area (Å²) in [5.74, 6) is -0.284. The van der Waals surface area contributed by atoms with Gasteiger partial charge in [0.25, 0.3) is 0 Å². The van der Waals surface area contributed by atoms with E-state index in [-0.39, 0.29) is 5.82 Å². The molecule has 2 rings (SSSR count). The minimum atomic E-state index is -0.284. The Morgan fingerprint density at radius 1 is 1.31 bits per heavy atom. The first-order valence-electron chi connectivity index (χ1n) is 4.80. The largest absolute Gasteiger partial charge is 0.353 e. The fourth-order valence-corrected chi connectivity index (χ4v) is 1.59. The van der Waals surface area contributed by atoms with Crippen molar-refractivity contribution in [3.63, 3.8) is 0 Å². The normalized spacial score (nSPS) is 10.2. The molecule has 0 radical (unpaired) electrons. The molecular formula is C12H10ClFN2. The summed E-state index contributed by atoms with van der Waals surface area (Å²) in [5, 5.41) is 3.36. The predicted molar refractivity (Wildman–Crippen MR) is 63.7 cm³/mol. The number of pyridine rings is 1. The van der Waals surface area contributed by atoms with Crippen molar-refractivity contribution in [3.05, 3.63) is 53.1 Å². The van der Waals surface area contributed by atoms with Crippen molar-refractivity contribution in [2.75, 3.05) is 5.32 Å². The topological polar surface area (TPSA) is 24.9 Å². The number of hydrogen-bond donors (Lipinski definition) is 1. The molecule has 1 aromatic carbocycles. The average molecular weight is 237 g/mol. The number of hydrogen-bond acceptors (Lipinski definition) is 2. The number of para-hydroxylation sites is 1. The van der Waals surface area contributed by atoms with Crippen molar-refractivity contribution in [3.8, 4) is 0 Å². The zero-order valence-electron chi connectivity index (χ0n) is 8.67. The molecule has 0 aliphatic carbocycles. The number of aromatic nitrogens is 1. The smallest absolute Gasteiger partial charge is 0.146 e. The van der Waals surface area contributed by atoms with Crippen LogP contribution in [0, 0.1) is 12.7 Å². The van der Waals surface area contributed by atoms with Gasteiger partial charge < -0.3 is 5.32 Å². The van der Waals surface area contributed by atoms with Gasteiger partial charge in [-0.15, -0.1) is 0 Å². The van der Waals surface area contributed by atoms with Crippen molar-refractivity contribution >= 4 is 23.0 Å². The van der Waals surface area contributed by atoms with Crippen LogP contribution in [0.4, 0.5) is 15.8 Å². The summed E-state index contributed by atoms with van der Waals surface area (Å²) < 4.78 is 13.5. The summed E-state index contributed by atoms with van der Waals surface area (Å²) in [6.07, 6.45) is 1.57. The monoisotopic (exact) mass is 236 g/mol. The Labute approximate surface area is 98.1 Å². The van der Waals surface area contributed by atoms with Gasteiger partial charge in [-0.1, -0.05) is 23.7 Å². The van der Waals surface area contributed by atoms with E-state index in [0.717, 1.165) is 5.56 Å². The van der Waals surface area contributed by atoms with Gasteiger partial charge in [-0.3, -0.25) is 0 Å². The third kappa shape index (κ3) is 2.31. The molecule has 0 aliphatic heterocycles. The first-order valence-corrected chi connectivity index (χ1v) is 5.18. The summed E-state index contributed by atoms with van der Waals surface area (Å²) in [4.78, 5) is 3.86. The highest BCUT2D eigenvalue weighted by atomic mass is 35.5. The van der Waals surface area contributed by atoms with Crippen LogP contribution in [-0.4, -0.2) is 4.98 Å². The highest BCUT2D eigenvalue weighted by Gasteiger charge is 2.05. The summed E-state index contributed by atoms with van der Waals surface area (Å²) in [6, 6.07) is 8.31. The average Bonchev–Trinajstić information content (AvgIpc) is 2.24. The van der Waals surface area contributed by atoms with Crippen LogP contribution in [-0.2, 0) is 0 Å². The highest BCUT2D eigenvalue weighted by molar-refractivity contribution is 6.29. The molecule has 0 spiro atoms. The molecule has 4 heteroatoms. The molecule has 0 amide bonds. The van der Waals surface area contributed by atoms with E-state index in [4.69, 9.17) is 11.6 Å². The van der Waals surface area contributed by atoms with E-state index < -0.39 is 0 Å². The molecule has 1 N–H and O–H groups in total. The van der Waals surface area contributed by atoms with E-state index in [9.17, 15) is 4.39 Å². The lowest BCUT2D eigenvalue weighted by atomic mass is 10.2. The van der Waals surface area contributed by atoms with Gasteiger partial charge in [0.05, 0.1) is 5.69 Å². The first-order chi connectivity index (χ1) is 7.66. The molecule has 0 unspecified atom stereocenters. The van der Waals surface area contributed by atoms with Crippen molar-refractivity contribution < 1.29 is 4.39 Å². The van der Waals surface area contributed by atoms with Crippen molar-refractivity contribution in [1.82, 2.24) is 4.98 Å². The van der Waals surface area contributed by atoms with Crippen molar-refractivity contribution in [2.45, 2.75) is 6.92 Å². The number of aryl methyl sites for hydroxylation is 1. The van der Waals surface area contributed by atoms with Crippen LogP contribution >= 0.6 is 11.6 Å². The summed E-state index contributed by atoms with van der Waals surface area (Å²) >= 11 is 5.75. The van der Waals surface area contributed by atoms with E-state index in [1.807, 2.05) is 13.0 Å². The molecule has 0 saturated heterocycles. The van der Waals surface area contributed by atoms with Crippen LogP contribution in [0.5, 0.6) is 0 Å². The zero-order valence-corrected chi connectivity index (χ0v) is 9.42. The van der Waals surface area contributed by atoms with E-state index in [1.54, 1.807) is 24.4 Å². The minimum Gasteiger partial charge on any atom is -0.353 e. The first kappa shape index (κ1) is 10.9. The Hall–Kier alpha value is -1.61. The number of anilines is 2. The third-order valence-electron chi connectivity index (χ3n) is 2.22. The molecule has 0 bridgehead atoms. The van der Waals surface area contributed by atoms with Crippen LogP contribution in [0.1, 0.15) is 5.56 Å². The lowest BCUT2D eigenvalue weighted by Gasteiger charge is -2.10. The molecule has 82 valence electrons. The fourth-order valence-electron chi connectivity index (χ4n) is 1.41. The molecular weight excluding hydrogens is 227 g/mol. The Morgan fingerprint density at radius 2 is 2.12 bits per heavy atom. The van der Waals surface area contributed by atoms with Gasteiger partial charge in [0.1, 0.15) is 11.0 Å². The second-order valence-corrected chi connectivity index (χ2v) is 3.81. The molecule has 0 atom stereocenters. The number of benzene rings is 1. The zero-order chi connectivity index (χ0) is 11.5. The Bertz CT molecular complexity index is 494. The molecule has 1 heterocycles. The number of rotatable bonds is 2. The number of nitrogens with one attached hydrogen (secondary N) is 1. The van der Waals surface area contributed by atoms with Gasteiger partial charge in [0.15, 0.2) is 0 Å². The van der Waals surface area contributed by atoms with Crippen LogP contribution in [0.15, 0.2) is 36.5 Å². The van der Waals surface area contributed by atoms with E-state index in [2.05, 4.69) is 10.3 Å². The Kier molecular flexibility index (Phi) is 3.06. The molecule has 16 heavy (non-hydrogen) atoms. The van der Waals surface area contributed by atoms with Gasteiger partial charge in [-0.25, -0.2) is 9.37 Å². The summed E-state index contributed by atoms with van der Waals surface area (Å²) in [6.45, 7) is 1.84. The predicted octanol–water partition coefficient (Wildman–Crippen LogP) is 3.93. The fraction of sp³-hybridized carbons (Fsp3) is 0.0833. The van der Waals surface area contributed by atoms with Crippen LogP contribution in [0.25, 0.3) is 0 Å².